The van der Waals surface area contributed by atoms with Crippen molar-refractivity contribution >= 4 is 34.5 Å². The van der Waals surface area contributed by atoms with E-state index in [9.17, 15) is 4.79 Å². The maximum atomic E-state index is 12.7. The molecule has 0 spiro atoms. The van der Waals surface area contributed by atoms with Gasteiger partial charge in [-0.15, -0.1) is 0 Å². The summed E-state index contributed by atoms with van der Waals surface area (Å²) < 4.78 is 5.83. The zero-order valence-electron chi connectivity index (χ0n) is 15.9. The Labute approximate surface area is 175 Å². The average molecular weight is 401 g/mol. The van der Waals surface area contributed by atoms with Crippen LogP contribution in [0.15, 0.2) is 84.4 Å². The van der Waals surface area contributed by atoms with Crippen molar-refractivity contribution in [2.75, 3.05) is 5.32 Å². The maximum absolute atomic E-state index is 12.7. The molecule has 1 aliphatic carbocycles. The topological polar surface area (TPSA) is 50.4 Å². The molecule has 0 aromatic heterocycles. The summed E-state index contributed by atoms with van der Waals surface area (Å²) in [5.41, 5.74) is 4.78. The first-order chi connectivity index (χ1) is 14.1. The van der Waals surface area contributed by atoms with Crippen molar-refractivity contribution < 1.29 is 9.53 Å². The minimum atomic E-state index is -0.173. The van der Waals surface area contributed by atoms with Crippen LogP contribution in [0.2, 0.25) is 0 Å². The minimum Gasteiger partial charge on any atom is -0.457 e. The molecule has 4 rings (SSSR count). The first-order valence-corrected chi connectivity index (χ1v) is 9.74. The zero-order valence-corrected chi connectivity index (χ0v) is 16.8. The lowest BCUT2D eigenvalue weighted by Crippen LogP contribution is -2.35. The number of ether oxygens (including phenoxy) is 1. The van der Waals surface area contributed by atoms with E-state index in [1.54, 1.807) is 0 Å². The second kappa shape index (κ2) is 8.29. The molecule has 5 heteroatoms. The van der Waals surface area contributed by atoms with Crippen LogP contribution in [0, 0.1) is 0 Å². The molecule has 3 aromatic carbocycles. The van der Waals surface area contributed by atoms with E-state index in [0.29, 0.717) is 12.2 Å². The van der Waals surface area contributed by atoms with Crippen LogP contribution < -0.4 is 15.4 Å². The molecule has 0 aliphatic heterocycles. The van der Waals surface area contributed by atoms with Gasteiger partial charge in [-0.3, -0.25) is 10.1 Å². The molecular weight excluding hydrogens is 380 g/mol. The van der Waals surface area contributed by atoms with E-state index in [4.69, 9.17) is 17.0 Å². The molecule has 4 nitrogen and oxygen atoms in total. The third kappa shape index (κ3) is 4.36. The molecule has 0 radical (unpaired) electrons. The quantitative estimate of drug-likeness (QED) is 0.582. The minimum absolute atomic E-state index is 0.173. The molecular formula is C24H20N2O2S. The van der Waals surface area contributed by atoms with Crippen molar-refractivity contribution in [3.05, 3.63) is 95.6 Å². The van der Waals surface area contributed by atoms with E-state index in [0.717, 1.165) is 28.1 Å². The number of para-hydroxylation sites is 1. The van der Waals surface area contributed by atoms with E-state index in [1.165, 1.54) is 5.56 Å². The summed E-state index contributed by atoms with van der Waals surface area (Å²) in [6.45, 7) is 1.97. The number of carbonyl (C=O) groups is 1. The molecule has 1 amide bonds. The molecule has 0 fully saturated rings. The second-order valence-electron chi connectivity index (χ2n) is 6.79. The Morgan fingerprint density at radius 1 is 0.931 bits per heavy atom. The molecule has 2 N–H and O–H groups in total. The van der Waals surface area contributed by atoms with Crippen LogP contribution >= 0.6 is 12.2 Å². The highest BCUT2D eigenvalue weighted by molar-refractivity contribution is 7.80. The van der Waals surface area contributed by atoms with Crippen molar-refractivity contribution in [1.29, 1.82) is 0 Å². The van der Waals surface area contributed by atoms with Crippen LogP contribution in [0.3, 0.4) is 0 Å². The average Bonchev–Trinajstić information content (AvgIpc) is 3.06. The smallest absolute Gasteiger partial charge is 0.253 e. The van der Waals surface area contributed by atoms with Gasteiger partial charge in [0.2, 0.25) is 0 Å². The van der Waals surface area contributed by atoms with Crippen LogP contribution in [-0.2, 0) is 11.2 Å². The molecule has 3 aromatic rings. The highest BCUT2D eigenvalue weighted by Gasteiger charge is 2.23. The van der Waals surface area contributed by atoms with Gasteiger partial charge >= 0.3 is 0 Å². The number of hydrogen-bond donors (Lipinski definition) is 2. The fourth-order valence-corrected chi connectivity index (χ4v) is 3.59. The normalized spacial score (nSPS) is 12.3. The number of hydrogen-bond acceptors (Lipinski definition) is 3. The van der Waals surface area contributed by atoms with Crippen LogP contribution in [0.4, 0.5) is 5.69 Å². The SMILES string of the molecule is CC1=C(C(=O)NC(=S)Nc2cccc(Oc3ccccc3)c2)Cc2ccccc21. The molecule has 29 heavy (non-hydrogen) atoms. The Hall–Kier alpha value is -3.44. The van der Waals surface area contributed by atoms with Crippen LogP contribution in [-0.4, -0.2) is 11.0 Å². The highest BCUT2D eigenvalue weighted by Crippen LogP contribution is 2.32. The molecule has 144 valence electrons. The third-order valence-corrected chi connectivity index (χ3v) is 5.02. The van der Waals surface area contributed by atoms with E-state index in [-0.39, 0.29) is 11.0 Å². The zero-order chi connectivity index (χ0) is 20.2. The Kier molecular flexibility index (Phi) is 5.40. The number of carbonyl (C=O) groups excluding carboxylic acids is 1. The maximum Gasteiger partial charge on any atom is 0.253 e. The first-order valence-electron chi connectivity index (χ1n) is 9.33. The summed E-state index contributed by atoms with van der Waals surface area (Å²) in [7, 11) is 0. The van der Waals surface area contributed by atoms with E-state index in [1.807, 2.05) is 85.8 Å². The van der Waals surface area contributed by atoms with Gasteiger partial charge < -0.3 is 10.1 Å². The summed E-state index contributed by atoms with van der Waals surface area (Å²) in [6, 6.07) is 25.0. The molecule has 0 heterocycles. The molecule has 0 atom stereocenters. The van der Waals surface area contributed by atoms with Gasteiger partial charge in [-0.2, -0.15) is 0 Å². The molecule has 0 saturated heterocycles. The van der Waals surface area contributed by atoms with Gasteiger partial charge in [0, 0.05) is 23.7 Å². The largest absolute Gasteiger partial charge is 0.457 e. The predicted octanol–water partition coefficient (Wildman–Crippen LogP) is 5.32. The lowest BCUT2D eigenvalue weighted by atomic mass is 10.1. The Morgan fingerprint density at radius 2 is 1.66 bits per heavy atom. The van der Waals surface area contributed by atoms with Crippen LogP contribution in [0.25, 0.3) is 5.57 Å². The van der Waals surface area contributed by atoms with Crippen LogP contribution in [0.5, 0.6) is 11.5 Å². The summed E-state index contributed by atoms with van der Waals surface area (Å²) >= 11 is 5.34. The van der Waals surface area contributed by atoms with Gasteiger partial charge in [-0.1, -0.05) is 48.5 Å². The Bertz CT molecular complexity index is 1110. The number of thiocarbonyl (C=S) groups is 1. The van der Waals surface area contributed by atoms with Gasteiger partial charge in [-0.25, -0.2) is 0 Å². The van der Waals surface area contributed by atoms with Gasteiger partial charge in [0.15, 0.2) is 5.11 Å². The van der Waals surface area contributed by atoms with Crippen molar-refractivity contribution in [3.8, 4) is 11.5 Å². The first kappa shape index (κ1) is 18.9. The number of rotatable bonds is 4. The number of anilines is 1. The predicted molar refractivity (Wildman–Crippen MR) is 120 cm³/mol. The number of nitrogens with one attached hydrogen (secondary N) is 2. The van der Waals surface area contributed by atoms with Crippen molar-refractivity contribution in [1.82, 2.24) is 5.32 Å². The fourth-order valence-electron chi connectivity index (χ4n) is 3.38. The third-order valence-electron chi connectivity index (χ3n) is 4.81. The van der Waals surface area contributed by atoms with Gasteiger partial charge in [0.1, 0.15) is 11.5 Å². The summed E-state index contributed by atoms with van der Waals surface area (Å²) in [6.07, 6.45) is 0.622. The summed E-state index contributed by atoms with van der Waals surface area (Å²) in [5.74, 6) is 1.26. The van der Waals surface area contributed by atoms with Crippen molar-refractivity contribution in [3.63, 3.8) is 0 Å². The fraction of sp³-hybridized carbons (Fsp3) is 0.0833. The number of allylic oxidation sites excluding steroid dienone is 1. The van der Waals surface area contributed by atoms with E-state index in [2.05, 4.69) is 10.6 Å². The van der Waals surface area contributed by atoms with E-state index >= 15 is 0 Å². The molecule has 0 bridgehead atoms. The molecule has 0 unspecified atom stereocenters. The molecule has 1 aliphatic rings. The number of fused-ring (bicyclic) bond motifs is 1. The second-order valence-corrected chi connectivity index (χ2v) is 7.20. The highest BCUT2D eigenvalue weighted by atomic mass is 32.1. The van der Waals surface area contributed by atoms with Gasteiger partial charge in [0.25, 0.3) is 5.91 Å². The van der Waals surface area contributed by atoms with Crippen LogP contribution in [0.1, 0.15) is 18.1 Å². The van der Waals surface area contributed by atoms with Gasteiger partial charge in [0.05, 0.1) is 0 Å². The van der Waals surface area contributed by atoms with Crippen molar-refractivity contribution in [2.45, 2.75) is 13.3 Å². The van der Waals surface area contributed by atoms with Gasteiger partial charge in [-0.05, 0) is 60.1 Å². The number of benzene rings is 3. The number of amides is 1. The lowest BCUT2D eigenvalue weighted by Gasteiger charge is -2.12. The Balaban J connectivity index is 1.40. The monoisotopic (exact) mass is 400 g/mol. The standard InChI is InChI=1S/C24H20N2O2S/c1-16-21-13-6-5-8-17(21)14-22(16)23(27)26-24(29)25-18-9-7-12-20(15-18)28-19-10-3-2-4-11-19/h2-13,15H,14H2,1H3,(H2,25,26,27,29). The summed E-state index contributed by atoms with van der Waals surface area (Å²) in [5, 5.41) is 6.10. The Morgan fingerprint density at radius 3 is 2.45 bits per heavy atom. The lowest BCUT2D eigenvalue weighted by molar-refractivity contribution is -0.116. The van der Waals surface area contributed by atoms with Crippen molar-refractivity contribution in [2.24, 2.45) is 0 Å². The van der Waals surface area contributed by atoms with E-state index < -0.39 is 0 Å². The molecule has 0 saturated carbocycles. The summed E-state index contributed by atoms with van der Waals surface area (Å²) in [4.78, 5) is 12.7.